The summed E-state index contributed by atoms with van der Waals surface area (Å²) in [4.78, 5) is 2.48. The van der Waals surface area contributed by atoms with Crippen molar-refractivity contribution in [1.29, 1.82) is 0 Å². The maximum Gasteiger partial charge on any atom is 0.139 e. The van der Waals surface area contributed by atoms with Crippen LogP contribution in [0.5, 0.6) is 5.75 Å². The smallest absolute Gasteiger partial charge is 0.139 e. The van der Waals surface area contributed by atoms with Crippen molar-refractivity contribution < 1.29 is 9.26 Å². The Bertz CT molecular complexity index is 897. The van der Waals surface area contributed by atoms with Crippen molar-refractivity contribution in [1.82, 2.24) is 20.3 Å². The van der Waals surface area contributed by atoms with Crippen LogP contribution in [0.1, 0.15) is 62.6 Å². The molecular formula is C22H28N4O2. The largest absolute Gasteiger partial charge is 0.494 e. The summed E-state index contributed by atoms with van der Waals surface area (Å²) in [6, 6.07) is 10.6. The van der Waals surface area contributed by atoms with Crippen molar-refractivity contribution in [2.75, 3.05) is 13.2 Å². The molecule has 1 saturated heterocycles. The minimum Gasteiger partial charge on any atom is -0.494 e. The van der Waals surface area contributed by atoms with Crippen molar-refractivity contribution in [2.24, 2.45) is 0 Å². The lowest BCUT2D eigenvalue weighted by atomic mass is 10.1. The van der Waals surface area contributed by atoms with Crippen molar-refractivity contribution in [3.05, 3.63) is 53.5 Å². The number of rotatable bonds is 7. The summed E-state index contributed by atoms with van der Waals surface area (Å²) in [5, 5.41) is 11.8. The third-order valence-electron chi connectivity index (χ3n) is 5.37. The number of ether oxygens (including phenoxy) is 1. The molecule has 2 aromatic heterocycles. The fourth-order valence-electron chi connectivity index (χ4n) is 3.87. The molecule has 6 nitrogen and oxygen atoms in total. The van der Waals surface area contributed by atoms with Gasteiger partial charge in [-0.25, -0.2) is 0 Å². The second kappa shape index (κ2) is 8.19. The summed E-state index contributed by atoms with van der Waals surface area (Å²) in [6.07, 6.45) is 4.22. The van der Waals surface area contributed by atoms with Crippen LogP contribution in [-0.2, 0) is 6.54 Å². The predicted molar refractivity (Wildman–Crippen MR) is 108 cm³/mol. The van der Waals surface area contributed by atoms with E-state index in [2.05, 4.69) is 52.3 Å². The molecule has 3 heterocycles. The molecule has 1 N–H and O–H groups in total. The Morgan fingerprint density at radius 2 is 2.11 bits per heavy atom. The van der Waals surface area contributed by atoms with Gasteiger partial charge in [-0.15, -0.1) is 0 Å². The Labute approximate surface area is 165 Å². The van der Waals surface area contributed by atoms with Gasteiger partial charge in [0.2, 0.25) is 0 Å². The van der Waals surface area contributed by atoms with Gasteiger partial charge < -0.3 is 9.26 Å². The average molecular weight is 380 g/mol. The molecule has 0 unspecified atom stereocenters. The first-order valence-electron chi connectivity index (χ1n) is 10.1. The predicted octanol–water partition coefficient (Wildman–Crippen LogP) is 4.92. The van der Waals surface area contributed by atoms with Gasteiger partial charge in [-0.3, -0.25) is 10.00 Å². The second-order valence-electron chi connectivity index (χ2n) is 7.66. The molecule has 3 aromatic rings. The molecule has 0 aliphatic carbocycles. The van der Waals surface area contributed by atoms with E-state index in [9.17, 15) is 0 Å². The van der Waals surface area contributed by atoms with Crippen LogP contribution in [0.15, 0.2) is 41.1 Å². The van der Waals surface area contributed by atoms with Gasteiger partial charge >= 0.3 is 0 Å². The van der Waals surface area contributed by atoms with Crippen LogP contribution in [0.4, 0.5) is 0 Å². The van der Waals surface area contributed by atoms with Gasteiger partial charge in [0.15, 0.2) is 0 Å². The lowest BCUT2D eigenvalue weighted by Gasteiger charge is -2.22. The van der Waals surface area contributed by atoms with Gasteiger partial charge in [-0.05, 0) is 50.6 Å². The number of H-pyrrole nitrogens is 1. The van der Waals surface area contributed by atoms with Crippen LogP contribution in [-0.4, -0.2) is 33.4 Å². The number of aromatic nitrogens is 3. The molecule has 0 saturated carbocycles. The highest BCUT2D eigenvalue weighted by molar-refractivity contribution is 5.63. The van der Waals surface area contributed by atoms with Crippen LogP contribution in [0.25, 0.3) is 11.3 Å². The molecule has 6 heteroatoms. The molecule has 0 spiro atoms. The zero-order chi connectivity index (χ0) is 19.5. The first-order chi connectivity index (χ1) is 13.7. The topological polar surface area (TPSA) is 67.2 Å². The Kier molecular flexibility index (Phi) is 5.48. The van der Waals surface area contributed by atoms with Crippen molar-refractivity contribution in [3.63, 3.8) is 0 Å². The van der Waals surface area contributed by atoms with Gasteiger partial charge in [-0.1, -0.05) is 19.0 Å². The Morgan fingerprint density at radius 3 is 2.82 bits per heavy atom. The minimum atomic E-state index is 0.305. The molecule has 148 valence electrons. The van der Waals surface area contributed by atoms with Crippen LogP contribution in [0.3, 0.4) is 0 Å². The summed E-state index contributed by atoms with van der Waals surface area (Å²) >= 11 is 0. The molecule has 4 rings (SSSR count). The van der Waals surface area contributed by atoms with Gasteiger partial charge in [0.1, 0.15) is 17.2 Å². The number of nitrogens with one attached hydrogen (secondary N) is 1. The molecule has 1 atom stereocenters. The Balaban J connectivity index is 1.52. The maximum absolute atomic E-state index is 5.55. The summed E-state index contributed by atoms with van der Waals surface area (Å²) < 4.78 is 11.1. The number of nitrogens with zero attached hydrogens (tertiary/aromatic N) is 3. The van der Waals surface area contributed by atoms with E-state index in [0.29, 0.717) is 18.6 Å². The highest BCUT2D eigenvalue weighted by Gasteiger charge is 2.30. The summed E-state index contributed by atoms with van der Waals surface area (Å²) in [6.45, 7) is 8.82. The lowest BCUT2D eigenvalue weighted by Crippen LogP contribution is -2.23. The van der Waals surface area contributed by atoms with Crippen LogP contribution < -0.4 is 4.74 Å². The zero-order valence-corrected chi connectivity index (χ0v) is 16.8. The number of likely N-dealkylation sites (tertiary alicyclic amines) is 1. The number of hydrogen-bond acceptors (Lipinski definition) is 5. The Morgan fingerprint density at radius 1 is 1.29 bits per heavy atom. The second-order valence-corrected chi connectivity index (χ2v) is 7.66. The molecule has 28 heavy (non-hydrogen) atoms. The minimum absolute atomic E-state index is 0.305. The third kappa shape index (κ3) is 3.83. The molecule has 0 bridgehead atoms. The molecule has 1 aliphatic rings. The van der Waals surface area contributed by atoms with E-state index >= 15 is 0 Å². The number of benzene rings is 1. The van der Waals surface area contributed by atoms with Crippen LogP contribution in [0, 0.1) is 0 Å². The highest BCUT2D eigenvalue weighted by atomic mass is 16.5. The van der Waals surface area contributed by atoms with Gasteiger partial charge in [0.05, 0.1) is 24.5 Å². The Hall–Kier alpha value is -2.60. The van der Waals surface area contributed by atoms with Gasteiger partial charge in [-0.2, -0.15) is 5.10 Å². The monoisotopic (exact) mass is 380 g/mol. The normalized spacial score (nSPS) is 17.5. The SMILES string of the molecule is CCOc1ccc(-c2[nH]ncc2CN2CCC[C@@H]2c2cc(C(C)C)on2)cc1. The van der Waals surface area contributed by atoms with E-state index in [1.54, 1.807) is 0 Å². The fraction of sp³-hybridized carbons (Fsp3) is 0.455. The first-order valence-corrected chi connectivity index (χ1v) is 10.1. The third-order valence-corrected chi connectivity index (χ3v) is 5.37. The van der Waals surface area contributed by atoms with Crippen LogP contribution in [0.2, 0.25) is 0 Å². The van der Waals surface area contributed by atoms with E-state index in [0.717, 1.165) is 48.0 Å². The van der Waals surface area contributed by atoms with E-state index in [-0.39, 0.29) is 0 Å². The van der Waals surface area contributed by atoms with Crippen molar-refractivity contribution >= 4 is 0 Å². The average Bonchev–Trinajstić information content (AvgIpc) is 3.43. The highest BCUT2D eigenvalue weighted by Crippen LogP contribution is 2.35. The van der Waals surface area contributed by atoms with Crippen molar-refractivity contribution in [3.8, 4) is 17.0 Å². The summed E-state index contributed by atoms with van der Waals surface area (Å²) in [7, 11) is 0. The summed E-state index contributed by atoms with van der Waals surface area (Å²) in [5.74, 6) is 2.20. The molecule has 0 radical (unpaired) electrons. The zero-order valence-electron chi connectivity index (χ0n) is 16.8. The van der Waals surface area contributed by atoms with E-state index < -0.39 is 0 Å². The van der Waals surface area contributed by atoms with E-state index in [1.165, 1.54) is 12.0 Å². The van der Waals surface area contributed by atoms with E-state index in [4.69, 9.17) is 9.26 Å². The molecule has 1 fully saturated rings. The van der Waals surface area contributed by atoms with Crippen molar-refractivity contribution in [2.45, 2.75) is 52.1 Å². The van der Waals surface area contributed by atoms with E-state index in [1.807, 2.05) is 25.3 Å². The standard InChI is InChI=1S/C22H28N4O2/c1-4-27-18-9-7-16(8-10-18)22-17(13-23-24-22)14-26-11-5-6-20(26)19-12-21(15(2)3)28-25-19/h7-10,12-13,15,20H,4-6,11,14H2,1-3H3,(H,23,24)/t20-/m1/s1. The summed E-state index contributed by atoms with van der Waals surface area (Å²) in [5.41, 5.74) is 4.43. The molecular weight excluding hydrogens is 352 g/mol. The molecule has 1 aliphatic heterocycles. The fourth-order valence-corrected chi connectivity index (χ4v) is 3.87. The van der Waals surface area contributed by atoms with Gasteiger partial charge in [0.25, 0.3) is 0 Å². The first kappa shape index (κ1) is 18.7. The quantitative estimate of drug-likeness (QED) is 0.630. The lowest BCUT2D eigenvalue weighted by molar-refractivity contribution is 0.236. The molecule has 0 amide bonds. The van der Waals surface area contributed by atoms with Crippen LogP contribution >= 0.6 is 0 Å². The number of aromatic amines is 1. The molecule has 1 aromatic carbocycles. The number of hydrogen-bond donors (Lipinski definition) is 1. The van der Waals surface area contributed by atoms with Gasteiger partial charge in [0, 0.05) is 29.7 Å². The maximum atomic E-state index is 5.55.